The van der Waals surface area contributed by atoms with Gasteiger partial charge in [0, 0.05) is 29.8 Å². The molecule has 6 rings (SSSR count). The van der Waals surface area contributed by atoms with Crippen LogP contribution in [0.2, 0.25) is 0 Å². The normalized spacial score (nSPS) is 23.6. The SMILES string of the molecule is C=C1C(F)=c2nc(C)nc(NCc3cccc(C(F)(F)C(C)C)c3F)c2=CN1C12CC(C1)C2. The van der Waals surface area contributed by atoms with E-state index in [2.05, 4.69) is 21.9 Å². The predicted molar refractivity (Wildman–Crippen MR) is 119 cm³/mol. The van der Waals surface area contributed by atoms with Gasteiger partial charge in [0.25, 0.3) is 5.92 Å². The molecule has 33 heavy (non-hydrogen) atoms. The van der Waals surface area contributed by atoms with Crippen LogP contribution in [0, 0.1) is 24.6 Å². The number of halogens is 4. The molecule has 3 aliphatic carbocycles. The zero-order valence-electron chi connectivity index (χ0n) is 18.9. The summed E-state index contributed by atoms with van der Waals surface area (Å²) in [4.78, 5) is 10.6. The lowest BCUT2D eigenvalue weighted by atomic mass is 9.49. The molecule has 1 aromatic carbocycles. The van der Waals surface area contributed by atoms with E-state index in [1.165, 1.54) is 26.0 Å². The van der Waals surface area contributed by atoms with Crippen LogP contribution >= 0.6 is 0 Å². The van der Waals surface area contributed by atoms with Crippen LogP contribution in [-0.2, 0) is 12.5 Å². The molecule has 4 nitrogen and oxygen atoms in total. The molecule has 0 radical (unpaired) electrons. The average Bonchev–Trinajstić information content (AvgIpc) is 2.69. The monoisotopic (exact) mass is 458 g/mol. The quantitative estimate of drug-likeness (QED) is 0.648. The van der Waals surface area contributed by atoms with Crippen molar-refractivity contribution >= 4 is 17.8 Å². The highest BCUT2D eigenvalue weighted by atomic mass is 19.3. The highest BCUT2D eigenvalue weighted by Gasteiger charge is 2.60. The molecule has 3 saturated carbocycles. The van der Waals surface area contributed by atoms with Crippen molar-refractivity contribution in [3.63, 3.8) is 0 Å². The first kappa shape index (κ1) is 21.9. The van der Waals surface area contributed by atoms with Crippen LogP contribution in [-0.4, -0.2) is 20.4 Å². The number of allylic oxidation sites excluding steroid dienone is 1. The third kappa shape index (κ3) is 3.25. The van der Waals surface area contributed by atoms with Gasteiger partial charge in [-0.25, -0.2) is 27.5 Å². The molecule has 3 fully saturated rings. The third-order valence-corrected chi connectivity index (χ3v) is 7.19. The first-order chi connectivity index (χ1) is 15.5. The second kappa shape index (κ2) is 7.30. The summed E-state index contributed by atoms with van der Waals surface area (Å²) in [5.74, 6) is -4.42. The van der Waals surface area contributed by atoms with Gasteiger partial charge in [0.15, 0.2) is 5.83 Å². The number of nitrogens with zero attached hydrogens (tertiary/aromatic N) is 3. The molecular weight excluding hydrogens is 432 g/mol. The maximum absolute atomic E-state index is 15.3. The first-order valence-electron chi connectivity index (χ1n) is 11.2. The molecule has 174 valence electrons. The summed E-state index contributed by atoms with van der Waals surface area (Å²) in [5.41, 5.74) is -0.352. The predicted octanol–water partition coefficient (Wildman–Crippen LogP) is 4.48. The summed E-state index contributed by atoms with van der Waals surface area (Å²) >= 11 is 0. The number of fused-ring (bicyclic) bond motifs is 1. The summed E-state index contributed by atoms with van der Waals surface area (Å²) in [5, 5.41) is 3.63. The minimum atomic E-state index is -3.29. The van der Waals surface area contributed by atoms with Gasteiger partial charge in [-0.3, -0.25) is 0 Å². The van der Waals surface area contributed by atoms with Crippen molar-refractivity contribution in [1.82, 2.24) is 14.9 Å². The number of hydrogen-bond donors (Lipinski definition) is 1. The molecular formula is C25H26F4N4. The highest BCUT2D eigenvalue weighted by Crippen LogP contribution is 2.62. The van der Waals surface area contributed by atoms with Gasteiger partial charge in [0.1, 0.15) is 22.8 Å². The van der Waals surface area contributed by atoms with E-state index in [0.29, 0.717) is 28.5 Å². The molecule has 4 aliphatic rings. The molecule has 1 aliphatic heterocycles. The molecule has 0 spiro atoms. The van der Waals surface area contributed by atoms with Gasteiger partial charge in [0.05, 0.1) is 16.5 Å². The molecule has 0 unspecified atom stereocenters. The van der Waals surface area contributed by atoms with Crippen LogP contribution in [0.15, 0.2) is 30.5 Å². The zero-order chi connectivity index (χ0) is 23.7. The lowest BCUT2D eigenvalue weighted by Gasteiger charge is -2.66. The van der Waals surface area contributed by atoms with Crippen LogP contribution < -0.4 is 15.9 Å². The fraction of sp³-hybridized carbons (Fsp3) is 0.440. The largest absolute Gasteiger partial charge is 0.365 e. The van der Waals surface area contributed by atoms with Gasteiger partial charge >= 0.3 is 0 Å². The minimum Gasteiger partial charge on any atom is -0.365 e. The average molecular weight is 459 g/mol. The van der Waals surface area contributed by atoms with Crippen molar-refractivity contribution < 1.29 is 17.6 Å². The summed E-state index contributed by atoms with van der Waals surface area (Å²) in [6.07, 6.45) is 4.83. The number of rotatable bonds is 6. The molecule has 2 aromatic rings. The summed E-state index contributed by atoms with van der Waals surface area (Å²) < 4.78 is 59.3. The van der Waals surface area contributed by atoms with Gasteiger partial charge in [0.2, 0.25) is 0 Å². The topological polar surface area (TPSA) is 41.1 Å². The molecule has 0 amide bonds. The Morgan fingerprint density at radius 1 is 1.21 bits per heavy atom. The Bertz CT molecular complexity index is 1270. The van der Waals surface area contributed by atoms with Crippen LogP contribution in [0.1, 0.15) is 50.1 Å². The van der Waals surface area contributed by atoms with Crippen molar-refractivity contribution in [2.45, 2.75) is 58.0 Å². The van der Waals surface area contributed by atoms with Gasteiger partial charge in [-0.1, -0.05) is 38.6 Å². The lowest BCUT2D eigenvalue weighted by molar-refractivity contribution is -0.0997. The molecule has 2 heterocycles. The van der Waals surface area contributed by atoms with E-state index in [1.807, 2.05) is 11.1 Å². The summed E-state index contributed by atoms with van der Waals surface area (Å²) in [6.45, 7) is 8.20. The molecule has 8 heteroatoms. The zero-order valence-corrected chi connectivity index (χ0v) is 18.9. The van der Waals surface area contributed by atoms with Gasteiger partial charge in [-0.15, -0.1) is 0 Å². The molecule has 1 N–H and O–H groups in total. The van der Waals surface area contributed by atoms with Crippen LogP contribution in [0.5, 0.6) is 0 Å². The third-order valence-electron chi connectivity index (χ3n) is 7.19. The van der Waals surface area contributed by atoms with Crippen LogP contribution in [0.3, 0.4) is 0 Å². The van der Waals surface area contributed by atoms with Crippen molar-refractivity contribution in [3.05, 3.63) is 63.8 Å². The van der Waals surface area contributed by atoms with Crippen molar-refractivity contribution in [3.8, 4) is 0 Å². The van der Waals surface area contributed by atoms with E-state index in [9.17, 15) is 13.2 Å². The Hall–Kier alpha value is -2.90. The molecule has 0 atom stereocenters. The number of anilines is 1. The van der Waals surface area contributed by atoms with Crippen molar-refractivity contribution in [1.29, 1.82) is 0 Å². The van der Waals surface area contributed by atoms with Crippen LogP contribution in [0.25, 0.3) is 12.0 Å². The van der Waals surface area contributed by atoms with E-state index >= 15 is 4.39 Å². The summed E-state index contributed by atoms with van der Waals surface area (Å²) in [7, 11) is 0. The fourth-order valence-corrected chi connectivity index (χ4v) is 5.07. The second-order valence-corrected chi connectivity index (χ2v) is 9.75. The Kier molecular flexibility index (Phi) is 4.85. The molecule has 0 saturated heterocycles. The second-order valence-electron chi connectivity index (χ2n) is 9.75. The number of nitrogens with one attached hydrogen (secondary N) is 1. The number of hydrogen-bond acceptors (Lipinski definition) is 4. The summed E-state index contributed by atoms with van der Waals surface area (Å²) in [6, 6.07) is 3.98. The van der Waals surface area contributed by atoms with E-state index < -0.39 is 29.0 Å². The van der Waals surface area contributed by atoms with E-state index in [1.54, 1.807) is 6.92 Å². The van der Waals surface area contributed by atoms with E-state index in [4.69, 9.17) is 0 Å². The highest BCUT2D eigenvalue weighted by molar-refractivity contribution is 5.64. The standard InChI is InChI=1S/C25H26F4N4/c1-13(2)25(28,29)19-7-5-6-17(21(19)27)11-30-23-18-12-33(24-8-16(9-24)10-24)14(3)20(26)22(18)31-15(4)32-23/h5-7,12-13,16H,3,8-11H2,1-2,4H3,(H,30,31,32). The maximum atomic E-state index is 15.3. The van der Waals surface area contributed by atoms with Crippen molar-refractivity contribution in [2.24, 2.45) is 11.8 Å². The fourth-order valence-electron chi connectivity index (χ4n) is 5.07. The minimum absolute atomic E-state index is 0.0822. The lowest BCUT2D eigenvalue weighted by Crippen LogP contribution is -2.67. The maximum Gasteiger partial charge on any atom is 0.278 e. The molecule has 2 bridgehead atoms. The first-order valence-corrected chi connectivity index (χ1v) is 11.2. The Balaban J connectivity index is 1.51. The van der Waals surface area contributed by atoms with Crippen LogP contribution in [0.4, 0.5) is 23.4 Å². The Labute approximate surface area is 189 Å². The number of alkyl halides is 2. The van der Waals surface area contributed by atoms with E-state index in [0.717, 1.165) is 25.3 Å². The Morgan fingerprint density at radius 3 is 2.52 bits per heavy atom. The Morgan fingerprint density at radius 2 is 1.91 bits per heavy atom. The van der Waals surface area contributed by atoms with Gasteiger partial charge in [-0.2, -0.15) is 0 Å². The molecule has 1 aromatic heterocycles. The van der Waals surface area contributed by atoms with Crippen molar-refractivity contribution in [2.75, 3.05) is 5.32 Å². The van der Waals surface area contributed by atoms with Gasteiger partial charge < -0.3 is 10.2 Å². The van der Waals surface area contributed by atoms with E-state index in [-0.39, 0.29) is 23.0 Å². The number of aromatic nitrogens is 2. The smallest absolute Gasteiger partial charge is 0.278 e. The number of aryl methyl sites for hydroxylation is 1. The number of benzene rings is 1. The van der Waals surface area contributed by atoms with Gasteiger partial charge in [-0.05, 0) is 32.1 Å².